The second kappa shape index (κ2) is 7.50. The third kappa shape index (κ3) is 4.52. The number of carbonyl (C=O) groups excluding carboxylic acids is 2. The van der Waals surface area contributed by atoms with Gasteiger partial charge in [-0.25, -0.2) is 4.79 Å². The number of methoxy groups -OCH3 is 1. The number of hydrogen-bond donors (Lipinski definition) is 0. The summed E-state index contributed by atoms with van der Waals surface area (Å²) in [6.45, 7) is 1.20. The van der Waals surface area contributed by atoms with Gasteiger partial charge < -0.3 is 14.4 Å². The van der Waals surface area contributed by atoms with Crippen LogP contribution in [0.3, 0.4) is 0 Å². The van der Waals surface area contributed by atoms with Crippen LogP contribution in [-0.4, -0.2) is 55.6 Å². The number of amides is 1. The van der Waals surface area contributed by atoms with Crippen molar-refractivity contribution in [1.29, 1.82) is 0 Å². The molecule has 98 valence electrons. The summed E-state index contributed by atoms with van der Waals surface area (Å²) in [5.41, 5.74) is 0. The van der Waals surface area contributed by atoms with Crippen molar-refractivity contribution in [2.24, 2.45) is 0 Å². The molecule has 0 aromatic rings. The van der Waals surface area contributed by atoms with Crippen molar-refractivity contribution in [3.63, 3.8) is 0 Å². The number of ether oxygens (including phenoxy) is 2. The Kier molecular flexibility index (Phi) is 6.29. The van der Waals surface area contributed by atoms with Crippen LogP contribution < -0.4 is 0 Å². The normalized spacial score (nSPS) is 20.1. The maximum absolute atomic E-state index is 11.8. The van der Waals surface area contributed by atoms with Gasteiger partial charge in [0.25, 0.3) is 0 Å². The third-order valence-corrected chi connectivity index (χ3v) is 2.92. The van der Waals surface area contributed by atoms with Gasteiger partial charge in [0.15, 0.2) is 6.10 Å². The Bertz CT molecular complexity index is 272. The van der Waals surface area contributed by atoms with Crippen molar-refractivity contribution in [2.75, 3.05) is 32.7 Å². The zero-order valence-corrected chi connectivity index (χ0v) is 10.7. The number of rotatable bonds is 5. The number of halogens is 1. The molecule has 1 heterocycles. The largest absolute Gasteiger partial charge is 0.467 e. The lowest BCUT2D eigenvalue weighted by molar-refractivity contribution is -0.162. The molecule has 1 saturated heterocycles. The number of nitrogens with zero attached hydrogens (tertiary/aromatic N) is 1. The average molecular weight is 264 g/mol. The van der Waals surface area contributed by atoms with Gasteiger partial charge in [-0.2, -0.15) is 0 Å². The summed E-state index contributed by atoms with van der Waals surface area (Å²) in [7, 11) is 1.31. The maximum atomic E-state index is 11.8. The van der Waals surface area contributed by atoms with E-state index in [-0.39, 0.29) is 12.5 Å². The Labute approximate surface area is 106 Å². The summed E-state index contributed by atoms with van der Waals surface area (Å²) < 4.78 is 9.84. The summed E-state index contributed by atoms with van der Waals surface area (Å²) in [6.07, 6.45) is 1.44. The first-order valence-corrected chi connectivity index (χ1v) is 6.25. The van der Waals surface area contributed by atoms with E-state index in [0.717, 1.165) is 12.8 Å². The minimum atomic E-state index is -0.647. The summed E-state index contributed by atoms with van der Waals surface area (Å²) in [5, 5.41) is 0. The molecule has 0 aromatic carbocycles. The van der Waals surface area contributed by atoms with Gasteiger partial charge in [-0.1, -0.05) is 0 Å². The van der Waals surface area contributed by atoms with Crippen LogP contribution in [-0.2, 0) is 19.1 Å². The zero-order chi connectivity index (χ0) is 12.7. The van der Waals surface area contributed by atoms with Gasteiger partial charge >= 0.3 is 5.97 Å². The quantitative estimate of drug-likeness (QED) is 0.418. The highest BCUT2D eigenvalue weighted by atomic mass is 35.5. The lowest BCUT2D eigenvalue weighted by Gasteiger charge is -2.31. The van der Waals surface area contributed by atoms with E-state index in [4.69, 9.17) is 16.3 Å². The highest BCUT2D eigenvalue weighted by Crippen LogP contribution is 2.10. The minimum Gasteiger partial charge on any atom is -0.467 e. The highest BCUT2D eigenvalue weighted by Gasteiger charge is 2.29. The van der Waals surface area contributed by atoms with E-state index in [2.05, 4.69) is 4.74 Å². The summed E-state index contributed by atoms with van der Waals surface area (Å²) >= 11 is 5.55. The Morgan fingerprint density at radius 1 is 1.47 bits per heavy atom. The van der Waals surface area contributed by atoms with Crippen LogP contribution in [0.4, 0.5) is 0 Å². The molecule has 1 atom stereocenters. The van der Waals surface area contributed by atoms with Gasteiger partial charge in [-0.15, -0.1) is 11.6 Å². The minimum absolute atomic E-state index is 0.0484. The fourth-order valence-corrected chi connectivity index (χ4v) is 1.87. The van der Waals surface area contributed by atoms with Crippen molar-refractivity contribution < 1.29 is 19.1 Å². The highest BCUT2D eigenvalue weighted by molar-refractivity contribution is 6.17. The van der Waals surface area contributed by atoms with Crippen LogP contribution in [0.25, 0.3) is 0 Å². The Morgan fingerprint density at radius 2 is 2.24 bits per heavy atom. The van der Waals surface area contributed by atoms with Crippen molar-refractivity contribution in [3.8, 4) is 0 Å². The molecule has 0 aliphatic carbocycles. The fourth-order valence-electron chi connectivity index (χ4n) is 1.68. The van der Waals surface area contributed by atoms with Crippen LogP contribution in [0.5, 0.6) is 0 Å². The molecule has 1 rings (SSSR count). The number of hydrogen-bond acceptors (Lipinski definition) is 4. The van der Waals surface area contributed by atoms with E-state index in [1.165, 1.54) is 7.11 Å². The van der Waals surface area contributed by atoms with E-state index in [9.17, 15) is 9.59 Å². The van der Waals surface area contributed by atoms with Crippen LogP contribution in [0.15, 0.2) is 0 Å². The number of carbonyl (C=O) groups is 2. The molecule has 6 heteroatoms. The molecule has 0 aromatic heterocycles. The lowest BCUT2D eigenvalue weighted by atomic mass is 10.2. The fraction of sp³-hybridized carbons (Fsp3) is 0.818. The first kappa shape index (κ1) is 14.3. The van der Waals surface area contributed by atoms with E-state index in [1.807, 2.05) is 0 Å². The zero-order valence-electron chi connectivity index (χ0n) is 9.99. The van der Waals surface area contributed by atoms with Crippen LogP contribution in [0.2, 0.25) is 0 Å². The molecule has 17 heavy (non-hydrogen) atoms. The van der Waals surface area contributed by atoms with Crippen LogP contribution >= 0.6 is 11.6 Å². The van der Waals surface area contributed by atoms with Crippen molar-refractivity contribution in [1.82, 2.24) is 4.90 Å². The number of unbranched alkanes of at least 4 members (excludes halogenated alkanes) is 1. The molecular formula is C11H18ClNO4. The molecule has 0 saturated carbocycles. The van der Waals surface area contributed by atoms with E-state index >= 15 is 0 Å². The molecular weight excluding hydrogens is 246 g/mol. The summed E-state index contributed by atoms with van der Waals surface area (Å²) in [4.78, 5) is 24.7. The van der Waals surface area contributed by atoms with Crippen molar-refractivity contribution in [3.05, 3.63) is 0 Å². The second-order valence-corrected chi connectivity index (χ2v) is 4.25. The predicted octanol–water partition coefficient (Wildman–Crippen LogP) is 0.796. The molecule has 1 fully saturated rings. The molecule has 0 bridgehead atoms. The first-order valence-electron chi connectivity index (χ1n) is 5.72. The number of morpholine rings is 1. The monoisotopic (exact) mass is 263 g/mol. The van der Waals surface area contributed by atoms with Crippen LogP contribution in [0, 0.1) is 0 Å². The van der Waals surface area contributed by atoms with Gasteiger partial charge in [0.1, 0.15) is 0 Å². The SMILES string of the molecule is COC(=O)C1CN(C(=O)CCCCCl)CCO1. The van der Waals surface area contributed by atoms with E-state index in [0.29, 0.717) is 25.5 Å². The molecule has 1 amide bonds. The first-order chi connectivity index (χ1) is 8.19. The molecule has 1 unspecified atom stereocenters. The van der Waals surface area contributed by atoms with Gasteiger partial charge in [0, 0.05) is 18.8 Å². The molecule has 0 spiro atoms. The van der Waals surface area contributed by atoms with Gasteiger partial charge in [0.05, 0.1) is 20.3 Å². The topological polar surface area (TPSA) is 55.8 Å². The van der Waals surface area contributed by atoms with Gasteiger partial charge in [-0.05, 0) is 12.8 Å². The second-order valence-electron chi connectivity index (χ2n) is 3.87. The average Bonchev–Trinajstić information content (AvgIpc) is 2.38. The Balaban J connectivity index is 2.37. The lowest BCUT2D eigenvalue weighted by Crippen LogP contribution is -2.48. The van der Waals surface area contributed by atoms with Crippen LogP contribution in [0.1, 0.15) is 19.3 Å². The summed E-state index contributed by atoms with van der Waals surface area (Å²) in [6, 6.07) is 0. The summed E-state index contributed by atoms with van der Waals surface area (Å²) in [5.74, 6) is 0.192. The molecule has 0 N–H and O–H groups in total. The number of alkyl halides is 1. The molecule has 1 aliphatic heterocycles. The van der Waals surface area contributed by atoms with Gasteiger partial charge in [-0.3, -0.25) is 4.79 Å². The Hall–Kier alpha value is -0.810. The predicted molar refractivity (Wildman–Crippen MR) is 62.9 cm³/mol. The smallest absolute Gasteiger partial charge is 0.336 e. The maximum Gasteiger partial charge on any atom is 0.336 e. The molecule has 0 radical (unpaired) electrons. The molecule has 1 aliphatic rings. The standard InChI is InChI=1S/C11H18ClNO4/c1-16-11(15)9-8-13(6-7-17-9)10(14)4-2-3-5-12/h9H,2-8H2,1H3. The molecule has 5 nitrogen and oxygen atoms in total. The Morgan fingerprint density at radius 3 is 2.88 bits per heavy atom. The van der Waals surface area contributed by atoms with Crippen molar-refractivity contribution in [2.45, 2.75) is 25.4 Å². The third-order valence-electron chi connectivity index (χ3n) is 2.66. The van der Waals surface area contributed by atoms with Gasteiger partial charge in [0.2, 0.25) is 5.91 Å². The van der Waals surface area contributed by atoms with E-state index in [1.54, 1.807) is 4.90 Å². The van der Waals surface area contributed by atoms with E-state index < -0.39 is 12.1 Å². The number of esters is 1. The van der Waals surface area contributed by atoms with Crippen molar-refractivity contribution >= 4 is 23.5 Å².